The van der Waals surface area contributed by atoms with Crippen LogP contribution in [0.5, 0.6) is 0 Å². The zero-order valence-corrected chi connectivity index (χ0v) is 15.2. The van der Waals surface area contributed by atoms with E-state index < -0.39 is 0 Å². The second-order valence-corrected chi connectivity index (χ2v) is 6.71. The van der Waals surface area contributed by atoms with Crippen molar-refractivity contribution in [2.24, 2.45) is 0 Å². The van der Waals surface area contributed by atoms with Crippen LogP contribution in [0.25, 0.3) is 5.65 Å². The van der Waals surface area contributed by atoms with Crippen LogP contribution in [0.2, 0.25) is 0 Å². The van der Waals surface area contributed by atoms with E-state index in [1.54, 1.807) is 12.3 Å². The Morgan fingerprint density at radius 3 is 2.71 bits per heavy atom. The number of imidazole rings is 1. The topological polar surface area (TPSA) is 49.6 Å². The molecular weight excluding hydrogens is 368 g/mol. The molecule has 0 saturated carbocycles. The highest BCUT2D eigenvalue weighted by Crippen LogP contribution is 2.18. The SMILES string of the molecule is CN(C)CCc1ccc(NC(=O)c2cccn3c(Br)cnc23)cc1. The van der Waals surface area contributed by atoms with Crippen molar-refractivity contribution >= 4 is 33.2 Å². The van der Waals surface area contributed by atoms with Crippen LogP contribution in [-0.4, -0.2) is 40.8 Å². The summed E-state index contributed by atoms with van der Waals surface area (Å²) < 4.78 is 2.65. The summed E-state index contributed by atoms with van der Waals surface area (Å²) in [6.07, 6.45) is 4.54. The van der Waals surface area contributed by atoms with E-state index in [2.05, 4.69) is 45.2 Å². The lowest BCUT2D eigenvalue weighted by Gasteiger charge is -2.10. The number of carbonyl (C=O) groups excluding carboxylic acids is 1. The highest BCUT2D eigenvalue weighted by atomic mass is 79.9. The van der Waals surface area contributed by atoms with Gasteiger partial charge in [-0.05, 0) is 66.3 Å². The van der Waals surface area contributed by atoms with Crippen molar-refractivity contribution in [1.29, 1.82) is 0 Å². The maximum Gasteiger partial charge on any atom is 0.259 e. The molecule has 3 aromatic rings. The average Bonchev–Trinajstić information content (AvgIpc) is 2.95. The Morgan fingerprint density at radius 1 is 1.25 bits per heavy atom. The summed E-state index contributed by atoms with van der Waals surface area (Å²) in [6, 6.07) is 11.6. The Kier molecular flexibility index (Phi) is 4.97. The predicted molar refractivity (Wildman–Crippen MR) is 99.5 cm³/mol. The molecule has 5 nitrogen and oxygen atoms in total. The molecule has 1 amide bonds. The Morgan fingerprint density at radius 2 is 2.00 bits per heavy atom. The summed E-state index contributed by atoms with van der Waals surface area (Å²) in [5, 5.41) is 2.93. The first-order valence-corrected chi connectivity index (χ1v) is 8.50. The van der Waals surface area contributed by atoms with Crippen molar-refractivity contribution in [2.45, 2.75) is 6.42 Å². The van der Waals surface area contributed by atoms with Crippen LogP contribution in [0.3, 0.4) is 0 Å². The van der Waals surface area contributed by atoms with Crippen molar-refractivity contribution < 1.29 is 4.79 Å². The number of anilines is 1. The number of carbonyl (C=O) groups is 1. The summed E-state index contributed by atoms with van der Waals surface area (Å²) >= 11 is 3.42. The molecule has 6 heteroatoms. The van der Waals surface area contributed by atoms with E-state index in [-0.39, 0.29) is 5.91 Å². The van der Waals surface area contributed by atoms with Gasteiger partial charge in [-0.1, -0.05) is 12.1 Å². The molecule has 0 fully saturated rings. The van der Waals surface area contributed by atoms with Crippen LogP contribution in [0, 0.1) is 0 Å². The number of likely N-dealkylation sites (N-methyl/N-ethyl adjacent to an activating group) is 1. The summed E-state index contributed by atoms with van der Waals surface area (Å²) in [5.41, 5.74) is 3.20. The average molecular weight is 387 g/mol. The smallest absolute Gasteiger partial charge is 0.259 e. The first kappa shape index (κ1) is 16.7. The Hall–Kier alpha value is -2.18. The maximum absolute atomic E-state index is 12.6. The summed E-state index contributed by atoms with van der Waals surface area (Å²) in [4.78, 5) is 19.0. The van der Waals surface area contributed by atoms with Crippen molar-refractivity contribution in [3.05, 3.63) is 64.5 Å². The van der Waals surface area contributed by atoms with E-state index in [0.717, 1.165) is 23.3 Å². The molecule has 1 aromatic carbocycles. The lowest BCUT2D eigenvalue weighted by molar-refractivity contribution is 0.102. The number of pyridine rings is 1. The van der Waals surface area contributed by atoms with E-state index in [1.807, 2.05) is 40.9 Å². The molecule has 0 saturated heterocycles. The van der Waals surface area contributed by atoms with Gasteiger partial charge in [0.1, 0.15) is 10.3 Å². The third-order valence-electron chi connectivity index (χ3n) is 3.79. The van der Waals surface area contributed by atoms with Crippen molar-refractivity contribution in [2.75, 3.05) is 26.0 Å². The number of fused-ring (bicyclic) bond motifs is 1. The van der Waals surface area contributed by atoms with Gasteiger partial charge in [0.2, 0.25) is 0 Å². The zero-order valence-electron chi connectivity index (χ0n) is 13.7. The first-order valence-electron chi connectivity index (χ1n) is 7.71. The van der Waals surface area contributed by atoms with Gasteiger partial charge in [-0.15, -0.1) is 0 Å². The summed E-state index contributed by atoms with van der Waals surface area (Å²) in [7, 11) is 4.12. The molecule has 0 spiro atoms. The number of hydrogen-bond acceptors (Lipinski definition) is 3. The lowest BCUT2D eigenvalue weighted by atomic mass is 10.1. The largest absolute Gasteiger partial charge is 0.322 e. The van der Waals surface area contributed by atoms with Crippen molar-refractivity contribution in [1.82, 2.24) is 14.3 Å². The molecule has 2 heterocycles. The molecule has 3 rings (SSSR count). The summed E-state index contributed by atoms with van der Waals surface area (Å²) in [6.45, 7) is 1.00. The molecule has 1 N–H and O–H groups in total. The zero-order chi connectivity index (χ0) is 17.1. The van der Waals surface area contributed by atoms with Gasteiger partial charge in [-0.3, -0.25) is 9.20 Å². The van der Waals surface area contributed by atoms with E-state index >= 15 is 0 Å². The van der Waals surface area contributed by atoms with E-state index in [1.165, 1.54) is 5.56 Å². The maximum atomic E-state index is 12.6. The normalized spacial score (nSPS) is 11.2. The molecule has 0 bridgehead atoms. The predicted octanol–water partition coefficient (Wildman–Crippen LogP) is 3.45. The van der Waals surface area contributed by atoms with Crippen LogP contribution in [0.4, 0.5) is 5.69 Å². The molecule has 0 aliphatic heterocycles. The number of hydrogen-bond donors (Lipinski definition) is 1. The second kappa shape index (κ2) is 7.15. The minimum atomic E-state index is -0.167. The lowest BCUT2D eigenvalue weighted by Crippen LogP contribution is -2.15. The molecule has 0 aliphatic carbocycles. The minimum Gasteiger partial charge on any atom is -0.322 e. The molecule has 0 aliphatic rings. The van der Waals surface area contributed by atoms with Gasteiger partial charge < -0.3 is 10.2 Å². The minimum absolute atomic E-state index is 0.167. The van der Waals surface area contributed by atoms with Crippen LogP contribution in [-0.2, 0) is 6.42 Å². The third-order valence-corrected chi connectivity index (χ3v) is 4.38. The molecule has 0 atom stereocenters. The van der Waals surface area contributed by atoms with Crippen LogP contribution < -0.4 is 5.32 Å². The Bertz CT molecular complexity index is 855. The fourth-order valence-corrected chi connectivity index (χ4v) is 2.85. The number of halogens is 1. The number of nitrogens with zero attached hydrogens (tertiary/aromatic N) is 3. The molecular formula is C18H19BrN4O. The highest BCUT2D eigenvalue weighted by Gasteiger charge is 2.13. The number of nitrogens with one attached hydrogen (secondary N) is 1. The number of aromatic nitrogens is 2. The van der Waals surface area contributed by atoms with Gasteiger partial charge >= 0.3 is 0 Å². The van der Waals surface area contributed by atoms with E-state index in [4.69, 9.17) is 0 Å². The first-order chi connectivity index (χ1) is 11.5. The molecule has 2 aromatic heterocycles. The molecule has 0 radical (unpaired) electrons. The fraction of sp³-hybridized carbons (Fsp3) is 0.222. The quantitative estimate of drug-likeness (QED) is 0.730. The van der Waals surface area contributed by atoms with E-state index in [9.17, 15) is 4.79 Å². The number of amides is 1. The highest BCUT2D eigenvalue weighted by molar-refractivity contribution is 9.10. The van der Waals surface area contributed by atoms with Gasteiger partial charge in [0, 0.05) is 18.4 Å². The molecule has 124 valence electrons. The molecule has 24 heavy (non-hydrogen) atoms. The van der Waals surface area contributed by atoms with Crippen LogP contribution >= 0.6 is 15.9 Å². The summed E-state index contributed by atoms with van der Waals surface area (Å²) in [5.74, 6) is -0.167. The van der Waals surface area contributed by atoms with Gasteiger partial charge in [-0.2, -0.15) is 0 Å². The van der Waals surface area contributed by atoms with E-state index in [0.29, 0.717) is 11.2 Å². The Labute approximate surface area is 149 Å². The van der Waals surface area contributed by atoms with Crippen molar-refractivity contribution in [3.8, 4) is 0 Å². The van der Waals surface area contributed by atoms with Crippen LogP contribution in [0.15, 0.2) is 53.4 Å². The third kappa shape index (κ3) is 3.66. The van der Waals surface area contributed by atoms with Crippen molar-refractivity contribution in [3.63, 3.8) is 0 Å². The molecule has 0 unspecified atom stereocenters. The second-order valence-electron chi connectivity index (χ2n) is 5.90. The van der Waals surface area contributed by atoms with Gasteiger partial charge in [0.05, 0.1) is 11.8 Å². The van der Waals surface area contributed by atoms with Gasteiger partial charge in [-0.25, -0.2) is 4.98 Å². The standard InChI is InChI=1S/C18H19BrN4O/c1-22(2)11-9-13-5-7-14(8-6-13)21-18(24)15-4-3-10-23-16(19)12-20-17(15)23/h3-8,10,12H,9,11H2,1-2H3,(H,21,24). The van der Waals surface area contributed by atoms with Crippen LogP contribution in [0.1, 0.15) is 15.9 Å². The number of rotatable bonds is 5. The Balaban J connectivity index is 1.74. The van der Waals surface area contributed by atoms with Gasteiger partial charge in [0.15, 0.2) is 0 Å². The number of benzene rings is 1. The fourth-order valence-electron chi connectivity index (χ4n) is 2.46. The monoisotopic (exact) mass is 386 g/mol. The van der Waals surface area contributed by atoms with Gasteiger partial charge in [0.25, 0.3) is 5.91 Å².